The molecule has 7 nitrogen and oxygen atoms in total. The summed E-state index contributed by atoms with van der Waals surface area (Å²) in [5.74, 6) is -1.60. The number of carbonyl (C=O) groups is 2. The summed E-state index contributed by atoms with van der Waals surface area (Å²) < 4.78 is 0. The van der Waals surface area contributed by atoms with Crippen LogP contribution in [0.3, 0.4) is 0 Å². The Morgan fingerprint density at radius 3 is 2.88 bits per heavy atom. The van der Waals surface area contributed by atoms with Crippen molar-refractivity contribution in [2.45, 2.75) is 0 Å². The Morgan fingerprint density at radius 2 is 2.24 bits per heavy atom. The topological polar surface area (TPSA) is 108 Å². The van der Waals surface area contributed by atoms with E-state index in [0.29, 0.717) is 5.69 Å². The van der Waals surface area contributed by atoms with Gasteiger partial charge in [-0.05, 0) is 12.1 Å². The predicted molar refractivity (Wildman–Crippen MR) is 57.7 cm³/mol. The highest BCUT2D eigenvalue weighted by Gasteiger charge is 2.10. The number of aromatic amines is 1. The number of amides is 1. The minimum atomic E-state index is -1.18. The molecule has 0 fully saturated rings. The van der Waals surface area contributed by atoms with Gasteiger partial charge in [0, 0.05) is 18.0 Å². The maximum absolute atomic E-state index is 11.7. The number of carboxylic acids is 1. The molecule has 2 heterocycles. The Labute approximate surface area is 95.5 Å². The molecule has 86 valence electrons. The molecule has 1 amide bonds. The van der Waals surface area contributed by atoms with Gasteiger partial charge >= 0.3 is 5.97 Å². The standard InChI is InChI=1S/C10H8N4O3/c15-9(14-7-4-12-13-5-7)6-1-2-11-8(3-6)10(16)17/h1-5H,(H,12,13)(H,14,15)(H,16,17). The van der Waals surface area contributed by atoms with E-state index in [4.69, 9.17) is 5.11 Å². The van der Waals surface area contributed by atoms with E-state index < -0.39 is 11.9 Å². The zero-order valence-electron chi connectivity index (χ0n) is 8.54. The fourth-order valence-corrected chi connectivity index (χ4v) is 1.21. The first-order valence-corrected chi connectivity index (χ1v) is 4.66. The Morgan fingerprint density at radius 1 is 1.41 bits per heavy atom. The number of hydrogen-bond donors (Lipinski definition) is 3. The van der Waals surface area contributed by atoms with Gasteiger partial charge < -0.3 is 10.4 Å². The van der Waals surface area contributed by atoms with Gasteiger partial charge in [0.2, 0.25) is 0 Å². The van der Waals surface area contributed by atoms with Crippen LogP contribution in [-0.4, -0.2) is 32.2 Å². The van der Waals surface area contributed by atoms with E-state index in [0.717, 1.165) is 0 Å². The van der Waals surface area contributed by atoms with Crippen molar-refractivity contribution < 1.29 is 14.7 Å². The van der Waals surface area contributed by atoms with Crippen molar-refractivity contribution in [1.29, 1.82) is 0 Å². The smallest absolute Gasteiger partial charge is 0.354 e. The highest BCUT2D eigenvalue weighted by atomic mass is 16.4. The first kappa shape index (κ1) is 10.8. The average Bonchev–Trinajstić information content (AvgIpc) is 2.82. The average molecular weight is 232 g/mol. The van der Waals surface area contributed by atoms with Gasteiger partial charge in [0.25, 0.3) is 5.91 Å². The number of carbonyl (C=O) groups excluding carboxylic acids is 1. The molecule has 0 bridgehead atoms. The van der Waals surface area contributed by atoms with Crippen molar-refractivity contribution in [2.75, 3.05) is 5.32 Å². The van der Waals surface area contributed by atoms with E-state index >= 15 is 0 Å². The Kier molecular flexibility index (Phi) is 2.82. The first-order chi connectivity index (χ1) is 8.16. The second kappa shape index (κ2) is 4.44. The second-order valence-electron chi connectivity index (χ2n) is 3.18. The van der Waals surface area contributed by atoms with Crippen LogP contribution in [0.5, 0.6) is 0 Å². The molecule has 2 aromatic rings. The van der Waals surface area contributed by atoms with Crippen LogP contribution in [-0.2, 0) is 0 Å². The normalized spacial score (nSPS) is 9.88. The highest BCUT2D eigenvalue weighted by Crippen LogP contribution is 2.07. The number of pyridine rings is 1. The number of carboxylic acid groups (broad SMARTS) is 1. The Bertz CT molecular complexity index is 550. The van der Waals surface area contributed by atoms with Gasteiger partial charge in [-0.25, -0.2) is 9.78 Å². The quantitative estimate of drug-likeness (QED) is 0.723. The second-order valence-corrected chi connectivity index (χ2v) is 3.18. The van der Waals surface area contributed by atoms with Gasteiger partial charge in [-0.1, -0.05) is 0 Å². The van der Waals surface area contributed by atoms with Gasteiger partial charge in [0.1, 0.15) is 5.69 Å². The maximum Gasteiger partial charge on any atom is 0.354 e. The summed E-state index contributed by atoms with van der Waals surface area (Å²) in [6.07, 6.45) is 4.22. The molecular weight excluding hydrogens is 224 g/mol. The van der Waals surface area contributed by atoms with Gasteiger partial charge in [-0.2, -0.15) is 5.10 Å². The lowest BCUT2D eigenvalue weighted by Crippen LogP contribution is -2.13. The lowest BCUT2D eigenvalue weighted by molar-refractivity contribution is 0.0690. The van der Waals surface area contributed by atoms with Gasteiger partial charge in [-0.15, -0.1) is 0 Å². The lowest BCUT2D eigenvalue weighted by atomic mass is 10.2. The molecule has 0 aliphatic rings. The molecule has 0 aromatic carbocycles. The molecule has 2 aromatic heterocycles. The number of rotatable bonds is 3. The van der Waals surface area contributed by atoms with Crippen LogP contribution in [0.4, 0.5) is 5.69 Å². The highest BCUT2D eigenvalue weighted by molar-refractivity contribution is 6.05. The zero-order chi connectivity index (χ0) is 12.3. The van der Waals surface area contributed by atoms with E-state index in [9.17, 15) is 9.59 Å². The molecule has 0 aliphatic carbocycles. The fraction of sp³-hybridized carbons (Fsp3) is 0. The molecule has 7 heteroatoms. The summed E-state index contributed by atoms with van der Waals surface area (Å²) in [5, 5.41) is 17.5. The van der Waals surface area contributed by atoms with Crippen molar-refractivity contribution in [3.8, 4) is 0 Å². The number of nitrogens with one attached hydrogen (secondary N) is 2. The summed E-state index contributed by atoms with van der Waals surface area (Å²) in [6.45, 7) is 0. The molecule has 0 saturated heterocycles. The largest absolute Gasteiger partial charge is 0.477 e. The third kappa shape index (κ3) is 2.46. The summed E-state index contributed by atoms with van der Waals surface area (Å²) in [7, 11) is 0. The van der Waals surface area contributed by atoms with Crippen molar-refractivity contribution in [1.82, 2.24) is 15.2 Å². The molecule has 0 unspecified atom stereocenters. The lowest BCUT2D eigenvalue weighted by Gasteiger charge is -2.02. The SMILES string of the molecule is O=C(Nc1cn[nH]c1)c1ccnc(C(=O)O)c1. The molecule has 3 N–H and O–H groups in total. The van der Waals surface area contributed by atoms with Crippen LogP contribution in [0, 0.1) is 0 Å². The summed E-state index contributed by atoms with van der Waals surface area (Å²) in [4.78, 5) is 26.0. The van der Waals surface area contributed by atoms with Crippen molar-refractivity contribution >= 4 is 17.6 Å². The number of hydrogen-bond acceptors (Lipinski definition) is 4. The summed E-state index contributed by atoms with van der Waals surface area (Å²) in [5.41, 5.74) is 0.548. The summed E-state index contributed by atoms with van der Waals surface area (Å²) >= 11 is 0. The Balaban J connectivity index is 2.19. The van der Waals surface area contributed by atoms with Crippen molar-refractivity contribution in [3.63, 3.8) is 0 Å². The monoisotopic (exact) mass is 232 g/mol. The molecule has 0 spiro atoms. The van der Waals surface area contributed by atoms with E-state index in [2.05, 4.69) is 20.5 Å². The summed E-state index contributed by atoms with van der Waals surface area (Å²) in [6, 6.07) is 2.64. The number of H-pyrrole nitrogens is 1. The predicted octanol–water partition coefficient (Wildman–Crippen LogP) is 0.755. The third-order valence-corrected chi connectivity index (χ3v) is 2.00. The first-order valence-electron chi connectivity index (χ1n) is 4.66. The minimum absolute atomic E-state index is 0.176. The van der Waals surface area contributed by atoms with E-state index in [-0.39, 0.29) is 11.3 Å². The Hall–Kier alpha value is -2.70. The van der Waals surface area contributed by atoms with Crippen LogP contribution >= 0.6 is 0 Å². The van der Waals surface area contributed by atoms with Crippen LogP contribution in [0.15, 0.2) is 30.7 Å². The van der Waals surface area contributed by atoms with Crippen LogP contribution in [0.25, 0.3) is 0 Å². The van der Waals surface area contributed by atoms with E-state index in [1.807, 2.05) is 0 Å². The fourth-order valence-electron chi connectivity index (χ4n) is 1.21. The number of aromatic carboxylic acids is 1. The van der Waals surface area contributed by atoms with Gasteiger partial charge in [0.05, 0.1) is 11.9 Å². The van der Waals surface area contributed by atoms with Crippen molar-refractivity contribution in [3.05, 3.63) is 42.0 Å². The molecule has 0 aliphatic heterocycles. The molecule has 0 radical (unpaired) electrons. The van der Waals surface area contributed by atoms with Crippen LogP contribution in [0.1, 0.15) is 20.8 Å². The third-order valence-electron chi connectivity index (χ3n) is 2.00. The van der Waals surface area contributed by atoms with E-state index in [1.165, 1.54) is 30.7 Å². The van der Waals surface area contributed by atoms with Gasteiger partial charge in [0.15, 0.2) is 0 Å². The van der Waals surface area contributed by atoms with E-state index in [1.54, 1.807) is 0 Å². The molecule has 0 saturated carbocycles. The van der Waals surface area contributed by atoms with Crippen molar-refractivity contribution in [2.24, 2.45) is 0 Å². The molecule has 17 heavy (non-hydrogen) atoms. The van der Waals surface area contributed by atoms with Crippen LogP contribution in [0.2, 0.25) is 0 Å². The number of aromatic nitrogens is 3. The molecule has 0 atom stereocenters. The van der Waals surface area contributed by atoms with Gasteiger partial charge in [-0.3, -0.25) is 9.89 Å². The minimum Gasteiger partial charge on any atom is -0.477 e. The number of anilines is 1. The van der Waals surface area contributed by atoms with Crippen LogP contribution < -0.4 is 5.32 Å². The molecule has 2 rings (SSSR count). The zero-order valence-corrected chi connectivity index (χ0v) is 8.54. The maximum atomic E-state index is 11.7. The molecular formula is C10H8N4O3. The number of nitrogens with zero attached hydrogens (tertiary/aromatic N) is 2.